The van der Waals surface area contributed by atoms with Gasteiger partial charge in [0.05, 0.1) is 11.1 Å². The Morgan fingerprint density at radius 2 is 2.19 bits per heavy atom. The molecular weight excluding hydrogens is 289 g/mol. The van der Waals surface area contributed by atoms with Crippen LogP contribution in [0.2, 0.25) is 5.02 Å². The Bertz CT molecular complexity index is 422. The topological polar surface area (TPSA) is 39.9 Å². The monoisotopic (exact) mass is 299 g/mol. The van der Waals surface area contributed by atoms with E-state index >= 15 is 0 Å². The summed E-state index contributed by atoms with van der Waals surface area (Å²) in [7, 11) is 0. The molecule has 1 aliphatic rings. The number of nitrogens with zero attached hydrogens (tertiary/aromatic N) is 3. The summed E-state index contributed by atoms with van der Waals surface area (Å²) >= 11 is 9.47. The van der Waals surface area contributed by atoms with Gasteiger partial charge in [0.2, 0.25) is 0 Å². The van der Waals surface area contributed by atoms with E-state index in [1.54, 1.807) is 6.20 Å². The third kappa shape index (κ3) is 2.47. The fraction of sp³-hybridized carbons (Fsp3) is 0.455. The van der Waals surface area contributed by atoms with Crippen molar-refractivity contribution in [3.05, 3.63) is 21.8 Å². The first-order valence-electron chi connectivity index (χ1n) is 5.16. The molecule has 0 saturated carbocycles. The van der Waals surface area contributed by atoms with Gasteiger partial charge in [-0.3, -0.25) is 0 Å². The normalized spacial score (nSPS) is 17.2. The highest BCUT2D eigenvalue weighted by Gasteiger charge is 2.21. The molecule has 84 valence electrons. The van der Waals surface area contributed by atoms with E-state index in [1.807, 2.05) is 6.07 Å². The van der Waals surface area contributed by atoms with Crippen molar-refractivity contribution in [2.24, 2.45) is 5.92 Å². The maximum atomic E-state index is 8.82. The standard InChI is InChI=1S/C11H11BrClN3/c12-9-5-10(13)11(15-7-9)16-3-1-8(6-14)2-4-16/h5,7-8H,1-4H2. The number of pyridine rings is 1. The number of anilines is 1. The molecule has 2 rings (SSSR count). The minimum absolute atomic E-state index is 0.186. The molecular formula is C11H11BrClN3. The van der Waals surface area contributed by atoms with Gasteiger partial charge in [-0.1, -0.05) is 11.6 Å². The van der Waals surface area contributed by atoms with E-state index in [0.29, 0.717) is 5.02 Å². The molecule has 0 bridgehead atoms. The van der Waals surface area contributed by atoms with E-state index < -0.39 is 0 Å². The zero-order valence-electron chi connectivity index (χ0n) is 8.66. The second kappa shape index (κ2) is 5.03. The lowest BCUT2D eigenvalue weighted by molar-refractivity contribution is 0.485. The molecule has 0 radical (unpaired) electrons. The van der Waals surface area contributed by atoms with Gasteiger partial charge in [0.1, 0.15) is 5.82 Å². The highest BCUT2D eigenvalue weighted by atomic mass is 79.9. The number of piperidine rings is 1. The largest absolute Gasteiger partial charge is 0.355 e. The molecule has 1 saturated heterocycles. The SMILES string of the molecule is N#CC1CCN(c2ncc(Br)cc2Cl)CC1. The Morgan fingerprint density at radius 3 is 2.75 bits per heavy atom. The van der Waals surface area contributed by atoms with E-state index in [0.717, 1.165) is 36.2 Å². The van der Waals surface area contributed by atoms with Gasteiger partial charge in [0.15, 0.2) is 0 Å². The minimum Gasteiger partial charge on any atom is -0.355 e. The summed E-state index contributed by atoms with van der Waals surface area (Å²) in [4.78, 5) is 6.46. The maximum Gasteiger partial charge on any atom is 0.147 e. The molecule has 0 unspecified atom stereocenters. The third-order valence-corrected chi connectivity index (χ3v) is 3.48. The molecule has 0 amide bonds. The summed E-state index contributed by atoms with van der Waals surface area (Å²) in [6.07, 6.45) is 3.53. The second-order valence-electron chi connectivity index (χ2n) is 3.85. The number of hydrogen-bond acceptors (Lipinski definition) is 3. The Morgan fingerprint density at radius 1 is 1.50 bits per heavy atom. The molecule has 0 aromatic carbocycles. The Balaban J connectivity index is 2.12. The Labute approximate surface area is 108 Å². The molecule has 0 N–H and O–H groups in total. The Hall–Kier alpha value is -0.790. The summed E-state index contributed by atoms with van der Waals surface area (Å²) < 4.78 is 0.883. The van der Waals surface area contributed by atoms with Crippen molar-refractivity contribution >= 4 is 33.3 Å². The van der Waals surface area contributed by atoms with Crippen LogP contribution in [-0.2, 0) is 0 Å². The summed E-state index contributed by atoms with van der Waals surface area (Å²) in [6, 6.07) is 4.16. The molecule has 1 aromatic heterocycles. The number of rotatable bonds is 1. The molecule has 0 spiro atoms. The van der Waals surface area contributed by atoms with Gasteiger partial charge in [0.25, 0.3) is 0 Å². The van der Waals surface area contributed by atoms with Crippen LogP contribution in [0.25, 0.3) is 0 Å². The van der Waals surface area contributed by atoms with Crippen molar-refractivity contribution in [3.8, 4) is 6.07 Å². The maximum absolute atomic E-state index is 8.82. The van der Waals surface area contributed by atoms with Gasteiger partial charge in [-0.2, -0.15) is 5.26 Å². The smallest absolute Gasteiger partial charge is 0.147 e. The lowest BCUT2D eigenvalue weighted by Crippen LogP contribution is -2.33. The van der Waals surface area contributed by atoms with E-state index in [-0.39, 0.29) is 5.92 Å². The van der Waals surface area contributed by atoms with Crippen LogP contribution in [-0.4, -0.2) is 18.1 Å². The number of nitriles is 1. The highest BCUT2D eigenvalue weighted by molar-refractivity contribution is 9.10. The molecule has 5 heteroatoms. The van der Waals surface area contributed by atoms with Gasteiger partial charge in [-0.05, 0) is 34.8 Å². The molecule has 0 aliphatic carbocycles. The van der Waals surface area contributed by atoms with Crippen molar-refractivity contribution in [2.75, 3.05) is 18.0 Å². The predicted octanol–water partition coefficient (Wildman–Crippen LogP) is 3.24. The van der Waals surface area contributed by atoms with Crippen LogP contribution in [0.1, 0.15) is 12.8 Å². The van der Waals surface area contributed by atoms with E-state index in [9.17, 15) is 0 Å². The number of halogens is 2. The van der Waals surface area contributed by atoms with Crippen LogP contribution in [0.5, 0.6) is 0 Å². The third-order valence-electron chi connectivity index (χ3n) is 2.77. The zero-order chi connectivity index (χ0) is 11.5. The van der Waals surface area contributed by atoms with E-state index in [2.05, 4.69) is 31.9 Å². The van der Waals surface area contributed by atoms with Crippen LogP contribution in [0.3, 0.4) is 0 Å². The number of hydrogen-bond donors (Lipinski definition) is 0. The predicted molar refractivity (Wildman–Crippen MR) is 67.5 cm³/mol. The lowest BCUT2D eigenvalue weighted by Gasteiger charge is -2.30. The fourth-order valence-corrected chi connectivity index (χ4v) is 2.61. The molecule has 1 aromatic rings. The summed E-state index contributed by atoms with van der Waals surface area (Å²) in [6.45, 7) is 1.71. The van der Waals surface area contributed by atoms with Crippen LogP contribution >= 0.6 is 27.5 Å². The van der Waals surface area contributed by atoms with Crippen LogP contribution in [0.4, 0.5) is 5.82 Å². The van der Waals surface area contributed by atoms with Crippen LogP contribution in [0, 0.1) is 17.2 Å². The summed E-state index contributed by atoms with van der Waals surface area (Å²) in [5.74, 6) is 1.01. The lowest BCUT2D eigenvalue weighted by atomic mass is 9.99. The molecule has 3 nitrogen and oxygen atoms in total. The first-order chi connectivity index (χ1) is 7.70. The first-order valence-corrected chi connectivity index (χ1v) is 6.33. The van der Waals surface area contributed by atoms with E-state index in [1.165, 1.54) is 0 Å². The van der Waals surface area contributed by atoms with Crippen molar-refractivity contribution in [1.82, 2.24) is 4.98 Å². The van der Waals surface area contributed by atoms with Gasteiger partial charge in [-0.15, -0.1) is 0 Å². The van der Waals surface area contributed by atoms with Crippen LogP contribution < -0.4 is 4.90 Å². The summed E-state index contributed by atoms with van der Waals surface area (Å²) in [5.41, 5.74) is 0. The zero-order valence-corrected chi connectivity index (χ0v) is 11.0. The quantitative estimate of drug-likeness (QED) is 0.799. The van der Waals surface area contributed by atoms with Gasteiger partial charge >= 0.3 is 0 Å². The van der Waals surface area contributed by atoms with Crippen molar-refractivity contribution in [2.45, 2.75) is 12.8 Å². The molecule has 2 heterocycles. The van der Waals surface area contributed by atoms with Gasteiger partial charge in [-0.25, -0.2) is 4.98 Å². The number of aromatic nitrogens is 1. The average molecular weight is 301 g/mol. The van der Waals surface area contributed by atoms with Crippen LogP contribution in [0.15, 0.2) is 16.7 Å². The molecule has 16 heavy (non-hydrogen) atoms. The van der Waals surface area contributed by atoms with Crippen molar-refractivity contribution in [3.63, 3.8) is 0 Å². The minimum atomic E-state index is 0.186. The second-order valence-corrected chi connectivity index (χ2v) is 5.17. The van der Waals surface area contributed by atoms with Crippen molar-refractivity contribution < 1.29 is 0 Å². The van der Waals surface area contributed by atoms with Gasteiger partial charge < -0.3 is 4.90 Å². The van der Waals surface area contributed by atoms with Gasteiger partial charge in [0, 0.05) is 29.7 Å². The first kappa shape index (κ1) is 11.7. The molecule has 1 aliphatic heterocycles. The fourth-order valence-electron chi connectivity index (χ4n) is 1.86. The van der Waals surface area contributed by atoms with Crippen molar-refractivity contribution in [1.29, 1.82) is 5.26 Å². The average Bonchev–Trinajstić information content (AvgIpc) is 2.29. The molecule has 1 fully saturated rings. The highest BCUT2D eigenvalue weighted by Crippen LogP contribution is 2.29. The van der Waals surface area contributed by atoms with E-state index in [4.69, 9.17) is 16.9 Å². The molecule has 0 atom stereocenters. The summed E-state index contributed by atoms with van der Waals surface area (Å²) in [5, 5.41) is 9.48. The Kier molecular flexibility index (Phi) is 3.67.